The summed E-state index contributed by atoms with van der Waals surface area (Å²) in [5.41, 5.74) is 1.57. The summed E-state index contributed by atoms with van der Waals surface area (Å²) in [4.78, 5) is 31.0. The second-order valence-corrected chi connectivity index (χ2v) is 7.65. The number of hydrogen-bond donors (Lipinski definition) is 1. The van der Waals surface area contributed by atoms with Crippen LogP contribution in [-0.4, -0.2) is 77.7 Å². The summed E-state index contributed by atoms with van der Waals surface area (Å²) in [5.74, 6) is 1.20. The smallest absolute Gasteiger partial charge is 0.320 e. The molecule has 28 heavy (non-hydrogen) atoms. The van der Waals surface area contributed by atoms with Crippen LogP contribution in [0.3, 0.4) is 0 Å². The normalized spacial score (nSPS) is 23.6. The van der Waals surface area contributed by atoms with Gasteiger partial charge in [-0.2, -0.15) is 5.10 Å². The molecule has 2 aliphatic rings. The predicted molar refractivity (Wildman–Crippen MR) is 103 cm³/mol. The maximum atomic E-state index is 12.8. The number of methoxy groups -OCH3 is 1. The predicted octanol–water partition coefficient (Wildman–Crippen LogP) is 1.84. The van der Waals surface area contributed by atoms with Gasteiger partial charge in [-0.1, -0.05) is 12.1 Å². The zero-order valence-corrected chi connectivity index (χ0v) is 16.3. The van der Waals surface area contributed by atoms with Crippen molar-refractivity contribution in [3.05, 3.63) is 47.8 Å². The first-order valence-corrected chi connectivity index (χ1v) is 9.40. The zero-order valence-electron chi connectivity index (χ0n) is 16.3. The molecular weight excluding hydrogens is 358 g/mol. The van der Waals surface area contributed by atoms with Crippen LogP contribution >= 0.6 is 0 Å². The molecule has 4 rings (SSSR count). The van der Waals surface area contributed by atoms with E-state index in [1.807, 2.05) is 34.1 Å². The van der Waals surface area contributed by atoms with E-state index in [1.165, 1.54) is 0 Å². The molecule has 0 unspecified atom stereocenters. The summed E-state index contributed by atoms with van der Waals surface area (Å²) in [7, 11) is 5.18. The van der Waals surface area contributed by atoms with Crippen molar-refractivity contribution in [3.8, 4) is 5.75 Å². The second kappa shape index (κ2) is 7.18. The topological polar surface area (TPSA) is 81.8 Å². The van der Waals surface area contributed by atoms with Crippen LogP contribution in [0.25, 0.3) is 0 Å². The number of carbonyl (C=O) groups excluding carboxylic acids is 2. The summed E-state index contributed by atoms with van der Waals surface area (Å²) >= 11 is 0. The summed E-state index contributed by atoms with van der Waals surface area (Å²) in [6.45, 7) is 1.91. The second-order valence-electron chi connectivity index (χ2n) is 7.65. The first-order valence-electron chi connectivity index (χ1n) is 9.40. The molecule has 0 saturated carbocycles. The third-order valence-electron chi connectivity index (χ3n) is 5.77. The number of nitrogens with zero attached hydrogens (tertiary/aromatic N) is 4. The van der Waals surface area contributed by atoms with Gasteiger partial charge >= 0.3 is 6.03 Å². The quantitative estimate of drug-likeness (QED) is 0.877. The number of rotatable bonds is 3. The van der Waals surface area contributed by atoms with Gasteiger partial charge in [0.15, 0.2) is 0 Å². The molecule has 0 aliphatic carbocycles. The molecule has 1 N–H and O–H groups in total. The molecule has 8 nitrogen and oxygen atoms in total. The first kappa shape index (κ1) is 18.3. The van der Waals surface area contributed by atoms with Gasteiger partial charge in [0, 0.05) is 51.8 Å². The van der Waals surface area contributed by atoms with Gasteiger partial charge in [-0.3, -0.25) is 9.89 Å². The maximum absolute atomic E-state index is 12.8. The number of aromatic amines is 1. The SMILES string of the molecule is COc1ccc([C@H]2[C@@H]3CN(C(=O)c4ccn[nH]4)C[C@@H]3CN2C(=O)N(C)C)cc1. The number of aromatic nitrogens is 2. The lowest BCUT2D eigenvalue weighted by Crippen LogP contribution is -2.42. The summed E-state index contributed by atoms with van der Waals surface area (Å²) in [6, 6.07) is 9.50. The largest absolute Gasteiger partial charge is 0.497 e. The summed E-state index contributed by atoms with van der Waals surface area (Å²) < 4.78 is 5.27. The number of ether oxygens (including phenoxy) is 1. The molecule has 3 heterocycles. The van der Waals surface area contributed by atoms with Crippen molar-refractivity contribution in [1.82, 2.24) is 24.9 Å². The van der Waals surface area contributed by atoms with Crippen LogP contribution in [-0.2, 0) is 0 Å². The molecule has 1 aromatic heterocycles. The molecule has 2 aliphatic heterocycles. The molecule has 3 amide bonds. The van der Waals surface area contributed by atoms with Crippen LogP contribution in [0.4, 0.5) is 4.79 Å². The number of H-pyrrole nitrogens is 1. The molecule has 148 valence electrons. The third-order valence-corrected chi connectivity index (χ3v) is 5.77. The van der Waals surface area contributed by atoms with Crippen LogP contribution in [0.5, 0.6) is 5.75 Å². The monoisotopic (exact) mass is 383 g/mol. The minimum atomic E-state index is -0.0645. The zero-order chi connectivity index (χ0) is 19.8. The molecular formula is C20H25N5O3. The number of urea groups is 1. The number of hydrogen-bond acceptors (Lipinski definition) is 4. The van der Waals surface area contributed by atoms with Crippen molar-refractivity contribution >= 4 is 11.9 Å². The fourth-order valence-electron chi connectivity index (χ4n) is 4.44. The lowest BCUT2D eigenvalue weighted by molar-refractivity contribution is 0.0760. The Bertz CT molecular complexity index is 849. The van der Waals surface area contributed by atoms with Gasteiger partial charge in [-0.05, 0) is 23.8 Å². The molecule has 2 aromatic rings. The Morgan fingerprint density at radius 1 is 1.14 bits per heavy atom. The molecule has 0 radical (unpaired) electrons. The minimum Gasteiger partial charge on any atom is -0.497 e. The molecule has 3 atom stereocenters. The number of amides is 3. The maximum Gasteiger partial charge on any atom is 0.320 e. The minimum absolute atomic E-state index is 0.00154. The average molecular weight is 383 g/mol. The van der Waals surface area contributed by atoms with Gasteiger partial charge in [0.2, 0.25) is 0 Å². The van der Waals surface area contributed by atoms with Crippen molar-refractivity contribution in [2.75, 3.05) is 40.8 Å². The van der Waals surface area contributed by atoms with Crippen molar-refractivity contribution in [3.63, 3.8) is 0 Å². The molecule has 0 spiro atoms. The Hall–Kier alpha value is -3.03. The highest BCUT2D eigenvalue weighted by Gasteiger charge is 2.50. The van der Waals surface area contributed by atoms with E-state index >= 15 is 0 Å². The van der Waals surface area contributed by atoms with E-state index in [2.05, 4.69) is 10.2 Å². The Kier molecular flexibility index (Phi) is 4.70. The third kappa shape index (κ3) is 3.08. The van der Waals surface area contributed by atoms with Crippen LogP contribution in [0, 0.1) is 11.8 Å². The Morgan fingerprint density at radius 3 is 2.50 bits per heavy atom. The highest BCUT2D eigenvalue weighted by Crippen LogP contribution is 2.45. The fraction of sp³-hybridized carbons (Fsp3) is 0.450. The van der Waals surface area contributed by atoms with Gasteiger partial charge in [-0.15, -0.1) is 0 Å². The van der Waals surface area contributed by atoms with Crippen LogP contribution < -0.4 is 4.74 Å². The fourth-order valence-corrected chi connectivity index (χ4v) is 4.44. The lowest BCUT2D eigenvalue weighted by Gasteiger charge is -2.31. The van der Waals surface area contributed by atoms with Crippen molar-refractivity contribution in [2.45, 2.75) is 6.04 Å². The van der Waals surface area contributed by atoms with Crippen molar-refractivity contribution in [2.24, 2.45) is 11.8 Å². The number of fused-ring (bicyclic) bond motifs is 1. The first-order chi connectivity index (χ1) is 13.5. The lowest BCUT2D eigenvalue weighted by atomic mass is 9.89. The van der Waals surface area contributed by atoms with Gasteiger partial charge in [-0.25, -0.2) is 4.79 Å². The van der Waals surface area contributed by atoms with Crippen LogP contribution in [0.15, 0.2) is 36.5 Å². The molecule has 0 bridgehead atoms. The number of benzene rings is 1. The van der Waals surface area contributed by atoms with Crippen LogP contribution in [0.2, 0.25) is 0 Å². The Balaban J connectivity index is 1.61. The molecule has 2 fully saturated rings. The van der Waals surface area contributed by atoms with E-state index in [0.29, 0.717) is 25.3 Å². The van der Waals surface area contributed by atoms with Gasteiger partial charge in [0.05, 0.1) is 13.2 Å². The average Bonchev–Trinajstić information content (AvgIpc) is 3.42. The van der Waals surface area contributed by atoms with E-state index < -0.39 is 0 Å². The molecule has 8 heteroatoms. The standard InChI is InChI=1S/C20H25N5O3/c1-23(2)20(27)25-11-14-10-24(19(26)17-8-9-21-22-17)12-16(14)18(25)13-4-6-15(28-3)7-5-13/h4-9,14,16,18H,10-12H2,1-3H3,(H,21,22)/t14-,16-,18+/m1/s1. The van der Waals surface area contributed by atoms with Crippen molar-refractivity contribution in [1.29, 1.82) is 0 Å². The summed E-state index contributed by atoms with van der Waals surface area (Å²) in [5, 5.41) is 6.63. The number of carbonyl (C=O) groups is 2. The number of nitrogens with one attached hydrogen (secondary N) is 1. The number of likely N-dealkylation sites (tertiary alicyclic amines) is 2. The highest BCUT2D eigenvalue weighted by molar-refractivity contribution is 5.92. The van der Waals surface area contributed by atoms with E-state index in [0.717, 1.165) is 11.3 Å². The van der Waals surface area contributed by atoms with E-state index in [1.54, 1.807) is 38.4 Å². The van der Waals surface area contributed by atoms with Gasteiger partial charge in [0.1, 0.15) is 11.4 Å². The Morgan fingerprint density at radius 2 is 1.89 bits per heavy atom. The van der Waals surface area contributed by atoms with E-state index in [4.69, 9.17) is 4.74 Å². The molecule has 1 aromatic carbocycles. The highest BCUT2D eigenvalue weighted by atomic mass is 16.5. The van der Waals surface area contributed by atoms with E-state index in [9.17, 15) is 9.59 Å². The van der Waals surface area contributed by atoms with Crippen LogP contribution in [0.1, 0.15) is 22.1 Å². The Labute approximate surface area is 164 Å². The summed E-state index contributed by atoms with van der Waals surface area (Å²) in [6.07, 6.45) is 1.59. The van der Waals surface area contributed by atoms with Gasteiger partial charge < -0.3 is 19.4 Å². The molecule has 2 saturated heterocycles. The van der Waals surface area contributed by atoms with E-state index in [-0.39, 0.29) is 29.8 Å². The van der Waals surface area contributed by atoms with Gasteiger partial charge in [0.25, 0.3) is 5.91 Å². The van der Waals surface area contributed by atoms with Crippen molar-refractivity contribution < 1.29 is 14.3 Å².